The molecule has 7 heteroatoms. The number of thioether (sulfide) groups is 1. The van der Waals surface area contributed by atoms with Crippen LogP contribution in [0.1, 0.15) is 71.1 Å². The molecule has 28 heavy (non-hydrogen) atoms. The van der Waals surface area contributed by atoms with Gasteiger partial charge in [0.05, 0.1) is 5.25 Å². The van der Waals surface area contributed by atoms with E-state index in [9.17, 15) is 4.79 Å². The van der Waals surface area contributed by atoms with Gasteiger partial charge in [0.15, 0.2) is 16.7 Å². The molecule has 0 amide bonds. The Kier molecular flexibility index (Phi) is 5.30. The van der Waals surface area contributed by atoms with Crippen molar-refractivity contribution in [1.82, 2.24) is 0 Å². The number of hydrogen-bond donors (Lipinski definition) is 0. The number of hydrogen-bond acceptors (Lipinski definition) is 7. The van der Waals surface area contributed by atoms with E-state index in [4.69, 9.17) is 23.7 Å². The second-order valence-electron chi connectivity index (χ2n) is 9.05. The minimum atomic E-state index is -0.526. The molecule has 2 heterocycles. The average molecular weight is 413 g/mol. The van der Waals surface area contributed by atoms with Crippen molar-refractivity contribution in [2.24, 2.45) is 0 Å². The van der Waals surface area contributed by atoms with E-state index in [1.807, 2.05) is 0 Å². The Morgan fingerprint density at radius 1 is 0.786 bits per heavy atom. The fourth-order valence-corrected chi connectivity index (χ4v) is 7.08. The zero-order valence-corrected chi connectivity index (χ0v) is 17.7. The van der Waals surface area contributed by atoms with Crippen LogP contribution in [0.5, 0.6) is 0 Å². The van der Waals surface area contributed by atoms with E-state index in [1.54, 1.807) is 14.0 Å². The summed E-state index contributed by atoms with van der Waals surface area (Å²) in [5, 5.41) is -0.0684. The molecule has 6 atom stereocenters. The van der Waals surface area contributed by atoms with Gasteiger partial charge in [-0.05, 0) is 25.7 Å². The van der Waals surface area contributed by atoms with Gasteiger partial charge in [0.2, 0.25) is 0 Å². The van der Waals surface area contributed by atoms with E-state index in [1.165, 1.54) is 24.6 Å². The lowest BCUT2D eigenvalue weighted by Crippen LogP contribution is -2.61. The Bertz CT molecular complexity index is 600. The predicted molar refractivity (Wildman–Crippen MR) is 104 cm³/mol. The van der Waals surface area contributed by atoms with Crippen LogP contribution in [0.25, 0.3) is 0 Å². The molecule has 2 aliphatic heterocycles. The highest BCUT2D eigenvalue weighted by Gasteiger charge is 2.66. The number of carbonyl (C=O) groups excluding carboxylic acids is 1. The van der Waals surface area contributed by atoms with Crippen molar-refractivity contribution in [3.8, 4) is 0 Å². The largest absolute Gasteiger partial charge is 0.377 e. The highest BCUT2D eigenvalue weighted by Crippen LogP contribution is 2.53. The maximum Gasteiger partial charge on any atom is 0.186 e. The first-order valence-corrected chi connectivity index (χ1v) is 11.8. The van der Waals surface area contributed by atoms with Crippen molar-refractivity contribution in [2.75, 3.05) is 7.11 Å². The molecule has 2 spiro atoms. The van der Waals surface area contributed by atoms with Gasteiger partial charge in [-0.1, -0.05) is 24.6 Å². The first-order valence-electron chi connectivity index (χ1n) is 11.0. The number of carbonyl (C=O) groups is 1. The van der Waals surface area contributed by atoms with Crippen molar-refractivity contribution in [3.05, 3.63) is 0 Å². The summed E-state index contributed by atoms with van der Waals surface area (Å²) in [6, 6.07) is 0. The van der Waals surface area contributed by atoms with Gasteiger partial charge in [-0.25, -0.2) is 0 Å². The van der Waals surface area contributed by atoms with Crippen LogP contribution >= 0.6 is 11.8 Å². The quantitative estimate of drug-likeness (QED) is 0.687. The zero-order chi connectivity index (χ0) is 19.4. The van der Waals surface area contributed by atoms with E-state index < -0.39 is 11.6 Å². The molecule has 5 aliphatic rings. The molecule has 3 saturated carbocycles. The number of ether oxygens (including phenoxy) is 5. The van der Waals surface area contributed by atoms with Gasteiger partial charge in [0.25, 0.3) is 0 Å². The Morgan fingerprint density at radius 2 is 1.25 bits per heavy atom. The lowest BCUT2D eigenvalue weighted by Gasteiger charge is -2.41. The Balaban J connectivity index is 1.47. The first kappa shape index (κ1) is 19.8. The summed E-state index contributed by atoms with van der Waals surface area (Å²) in [4.78, 5) is 12.1. The average Bonchev–Trinajstić information content (AvgIpc) is 3.22. The van der Waals surface area contributed by atoms with Gasteiger partial charge in [-0.3, -0.25) is 4.79 Å². The van der Waals surface area contributed by atoms with E-state index >= 15 is 0 Å². The summed E-state index contributed by atoms with van der Waals surface area (Å²) in [6.07, 6.45) is 9.54. The number of fused-ring (bicyclic) bond motifs is 3. The van der Waals surface area contributed by atoms with Gasteiger partial charge < -0.3 is 23.7 Å². The molecule has 0 N–H and O–H groups in total. The summed E-state index contributed by atoms with van der Waals surface area (Å²) in [5.41, 5.74) is 0. The van der Waals surface area contributed by atoms with Crippen LogP contribution < -0.4 is 0 Å². The molecule has 2 saturated heterocycles. The molecule has 158 valence electrons. The molecular weight excluding hydrogens is 380 g/mol. The fourth-order valence-electron chi connectivity index (χ4n) is 5.95. The summed E-state index contributed by atoms with van der Waals surface area (Å²) < 4.78 is 32.4. The smallest absolute Gasteiger partial charge is 0.186 e. The molecule has 0 radical (unpaired) electrons. The molecular formula is C21H32O6S. The summed E-state index contributed by atoms with van der Waals surface area (Å²) in [6.45, 7) is 1.61. The van der Waals surface area contributed by atoms with Crippen molar-refractivity contribution in [2.45, 2.75) is 118 Å². The Hall–Kier alpha value is -0.180. The molecule has 0 aromatic heterocycles. The zero-order valence-electron chi connectivity index (χ0n) is 16.9. The lowest BCUT2D eigenvalue weighted by molar-refractivity contribution is -0.220. The third-order valence-corrected chi connectivity index (χ3v) is 8.29. The Morgan fingerprint density at radius 3 is 1.75 bits per heavy atom. The third kappa shape index (κ3) is 3.26. The molecule has 0 bridgehead atoms. The van der Waals surface area contributed by atoms with E-state index in [0.29, 0.717) is 0 Å². The normalized spacial score (nSPS) is 43.8. The summed E-state index contributed by atoms with van der Waals surface area (Å²) in [7, 11) is 1.71. The molecule has 5 rings (SSSR count). The van der Waals surface area contributed by atoms with Crippen LogP contribution in [0.2, 0.25) is 0 Å². The third-order valence-electron chi connectivity index (χ3n) is 7.15. The predicted octanol–water partition coefficient (Wildman–Crippen LogP) is 3.55. The first-order chi connectivity index (χ1) is 13.5. The van der Waals surface area contributed by atoms with Crippen LogP contribution in [-0.2, 0) is 28.5 Å². The van der Waals surface area contributed by atoms with Crippen LogP contribution in [0.15, 0.2) is 0 Å². The maximum absolute atomic E-state index is 12.1. The van der Waals surface area contributed by atoms with Gasteiger partial charge in [0, 0.05) is 39.7 Å². The highest BCUT2D eigenvalue weighted by atomic mass is 32.2. The van der Waals surface area contributed by atoms with Crippen LogP contribution in [0, 0.1) is 0 Å². The molecule has 0 aromatic carbocycles. The monoisotopic (exact) mass is 412 g/mol. The second kappa shape index (κ2) is 7.50. The summed E-state index contributed by atoms with van der Waals surface area (Å²) in [5.74, 6) is -1.04. The van der Waals surface area contributed by atoms with E-state index in [0.717, 1.165) is 51.4 Å². The Labute approximate surface area is 171 Å². The van der Waals surface area contributed by atoms with Gasteiger partial charge in [-0.15, -0.1) is 0 Å². The fraction of sp³-hybridized carbons (Fsp3) is 0.952. The van der Waals surface area contributed by atoms with Crippen molar-refractivity contribution < 1.29 is 28.5 Å². The molecule has 6 nitrogen and oxygen atoms in total. The van der Waals surface area contributed by atoms with Gasteiger partial charge >= 0.3 is 0 Å². The van der Waals surface area contributed by atoms with Crippen molar-refractivity contribution in [1.29, 1.82) is 0 Å². The lowest BCUT2D eigenvalue weighted by atomic mass is 9.87. The number of methoxy groups -OCH3 is 1. The number of rotatable bonds is 2. The second-order valence-corrected chi connectivity index (χ2v) is 10.4. The van der Waals surface area contributed by atoms with Crippen LogP contribution in [0.3, 0.4) is 0 Å². The topological polar surface area (TPSA) is 63.2 Å². The summed E-state index contributed by atoms with van der Waals surface area (Å²) >= 11 is 1.31. The maximum atomic E-state index is 12.1. The standard InChI is InChI=1S/C21H32O6S/c1-13(22)28-19-17(23-2)15-14(24-20(25-15)9-5-3-6-10-20)16-18(19)27-21(26-16)11-7-4-8-12-21/h14-19H,3-12H2,1-2H3/t14-,15-,16+,17+,18+,19-/m1/s1. The van der Waals surface area contributed by atoms with Crippen molar-refractivity contribution >= 4 is 16.9 Å². The minimum absolute atomic E-state index is 0.0729. The van der Waals surface area contributed by atoms with E-state index in [-0.39, 0.29) is 40.9 Å². The molecule has 3 aliphatic carbocycles. The molecule has 0 unspecified atom stereocenters. The van der Waals surface area contributed by atoms with E-state index in [2.05, 4.69) is 0 Å². The van der Waals surface area contributed by atoms with Crippen LogP contribution in [-0.4, -0.2) is 59.6 Å². The molecule has 5 fully saturated rings. The molecule has 0 aromatic rings. The van der Waals surface area contributed by atoms with Crippen molar-refractivity contribution in [3.63, 3.8) is 0 Å². The van der Waals surface area contributed by atoms with Gasteiger partial charge in [-0.2, -0.15) is 0 Å². The van der Waals surface area contributed by atoms with Crippen LogP contribution in [0.4, 0.5) is 0 Å². The highest BCUT2D eigenvalue weighted by molar-refractivity contribution is 8.14. The SMILES string of the molecule is CO[C@H]1[C@@H]2OC3(CCCCC3)O[C@H]2[C@@H]2OC3(CCCCC3)O[C@@H]2[C@@H]1SC(C)=O. The van der Waals surface area contributed by atoms with Gasteiger partial charge in [0.1, 0.15) is 30.5 Å². The minimum Gasteiger partial charge on any atom is -0.377 e.